The van der Waals surface area contributed by atoms with Gasteiger partial charge in [0.25, 0.3) is 0 Å². The third kappa shape index (κ3) is 1.90. The summed E-state index contributed by atoms with van der Waals surface area (Å²) in [6.45, 7) is 2.98. The molecule has 0 heterocycles. The molecule has 0 aliphatic heterocycles. The number of hydrogen-bond acceptors (Lipinski definition) is 2. The van der Waals surface area contributed by atoms with Crippen LogP contribution in [0.2, 0.25) is 0 Å². The number of allylic oxidation sites excluding steroid dienone is 1. The van der Waals surface area contributed by atoms with Crippen LogP contribution in [-0.2, 0) is 4.79 Å². The Morgan fingerprint density at radius 3 is 2.00 bits per heavy atom. The highest BCUT2D eigenvalue weighted by molar-refractivity contribution is 6.00. The van der Waals surface area contributed by atoms with Gasteiger partial charge in [0.2, 0.25) is 0 Å². The Hall–Kier alpha value is -0.880. The fourth-order valence-electron chi connectivity index (χ4n) is 0.0880. The van der Waals surface area contributed by atoms with Crippen molar-refractivity contribution in [3.05, 3.63) is 5.57 Å². The van der Waals surface area contributed by atoms with E-state index in [9.17, 15) is 4.79 Å². The average molecular weight is 97.1 g/mol. The standard InChI is InChI=1S/C5H7NO/c1-4(3-6)5(2)7/h6H,1-2H3. The predicted molar refractivity (Wildman–Crippen MR) is 27.6 cm³/mol. The van der Waals surface area contributed by atoms with Gasteiger partial charge in [0, 0.05) is 0 Å². The molecule has 0 amide bonds. The van der Waals surface area contributed by atoms with E-state index >= 15 is 0 Å². The highest BCUT2D eigenvalue weighted by atomic mass is 16.1. The van der Waals surface area contributed by atoms with Crippen molar-refractivity contribution in [1.29, 1.82) is 5.41 Å². The Labute approximate surface area is 42.4 Å². The third-order valence-electron chi connectivity index (χ3n) is 0.716. The number of rotatable bonds is 1. The molecule has 0 rings (SSSR count). The number of ketones is 1. The normalized spacial score (nSPS) is 7.14. The first-order chi connectivity index (χ1) is 3.18. The molecule has 0 unspecified atom stereocenters. The number of carbonyl (C=O) groups excluding carboxylic acids is 1. The highest BCUT2D eigenvalue weighted by Gasteiger charge is 1.90. The van der Waals surface area contributed by atoms with Crippen molar-refractivity contribution in [2.45, 2.75) is 13.8 Å². The van der Waals surface area contributed by atoms with Crippen LogP contribution in [-0.4, -0.2) is 11.7 Å². The lowest BCUT2D eigenvalue weighted by Gasteiger charge is -1.79. The Balaban J connectivity index is 4.10. The summed E-state index contributed by atoms with van der Waals surface area (Å²) in [5, 5.41) is 6.43. The predicted octanol–water partition coefficient (Wildman–Crippen LogP) is 0.770. The highest BCUT2D eigenvalue weighted by Crippen LogP contribution is 1.83. The number of Topliss-reactive ketones (excluding diaryl/α,β-unsaturated/α-hetero) is 1. The zero-order valence-corrected chi connectivity index (χ0v) is 4.41. The van der Waals surface area contributed by atoms with E-state index in [0.29, 0.717) is 5.57 Å². The molecule has 7 heavy (non-hydrogen) atoms. The van der Waals surface area contributed by atoms with Crippen LogP contribution in [0, 0.1) is 5.41 Å². The molecular formula is C5H7NO. The smallest absolute Gasteiger partial charge is 0.164 e. The quantitative estimate of drug-likeness (QED) is 0.381. The molecule has 0 aliphatic rings. The maximum absolute atomic E-state index is 10.2. The van der Waals surface area contributed by atoms with Crippen LogP contribution >= 0.6 is 0 Å². The van der Waals surface area contributed by atoms with E-state index in [1.54, 1.807) is 6.92 Å². The van der Waals surface area contributed by atoms with E-state index in [2.05, 4.69) is 0 Å². The van der Waals surface area contributed by atoms with E-state index in [1.807, 2.05) is 5.87 Å². The zero-order chi connectivity index (χ0) is 5.86. The van der Waals surface area contributed by atoms with Gasteiger partial charge in [-0.25, -0.2) is 0 Å². The summed E-state index contributed by atoms with van der Waals surface area (Å²) in [7, 11) is 0. The van der Waals surface area contributed by atoms with Crippen LogP contribution in [0.4, 0.5) is 0 Å². The Kier molecular flexibility index (Phi) is 2.03. The van der Waals surface area contributed by atoms with Gasteiger partial charge in [0.15, 0.2) is 5.78 Å². The van der Waals surface area contributed by atoms with Crippen LogP contribution in [0.5, 0.6) is 0 Å². The molecule has 0 fully saturated rings. The molecule has 0 aliphatic carbocycles. The van der Waals surface area contributed by atoms with Gasteiger partial charge in [0.05, 0.1) is 5.57 Å². The SMILES string of the molecule is CC(=O)C(C)=C=N. The summed E-state index contributed by atoms with van der Waals surface area (Å²) in [4.78, 5) is 10.2. The van der Waals surface area contributed by atoms with Gasteiger partial charge in [-0.3, -0.25) is 10.2 Å². The molecular weight excluding hydrogens is 90.1 g/mol. The van der Waals surface area contributed by atoms with Crippen molar-refractivity contribution < 1.29 is 4.79 Å². The van der Waals surface area contributed by atoms with Crippen LogP contribution in [0.3, 0.4) is 0 Å². The molecule has 0 aromatic heterocycles. The minimum absolute atomic E-state index is 0.0880. The lowest BCUT2D eigenvalue weighted by Crippen LogP contribution is -1.89. The summed E-state index contributed by atoms with van der Waals surface area (Å²) in [6, 6.07) is 0. The molecule has 0 spiro atoms. The van der Waals surface area contributed by atoms with Gasteiger partial charge in [-0.05, 0) is 19.7 Å². The molecule has 0 radical (unpaired) electrons. The number of nitrogens with one attached hydrogen (secondary N) is 1. The second kappa shape index (κ2) is 2.32. The van der Waals surface area contributed by atoms with Gasteiger partial charge in [-0.1, -0.05) is 0 Å². The maximum Gasteiger partial charge on any atom is 0.164 e. The zero-order valence-electron chi connectivity index (χ0n) is 4.41. The Morgan fingerprint density at radius 1 is 1.57 bits per heavy atom. The summed E-state index contributed by atoms with van der Waals surface area (Å²) < 4.78 is 0. The largest absolute Gasteiger partial charge is 0.294 e. The Morgan fingerprint density at radius 2 is 2.00 bits per heavy atom. The second-order valence-electron chi connectivity index (χ2n) is 1.31. The van der Waals surface area contributed by atoms with Gasteiger partial charge in [-0.15, -0.1) is 0 Å². The van der Waals surface area contributed by atoms with Crippen molar-refractivity contribution in [3.8, 4) is 0 Å². The second-order valence-corrected chi connectivity index (χ2v) is 1.31. The number of hydrogen-bond donors (Lipinski definition) is 1. The molecule has 0 bridgehead atoms. The first-order valence-electron chi connectivity index (χ1n) is 1.95. The van der Waals surface area contributed by atoms with Crippen LogP contribution in [0.15, 0.2) is 5.57 Å². The molecule has 1 N–H and O–H groups in total. The van der Waals surface area contributed by atoms with E-state index in [0.717, 1.165) is 0 Å². The minimum Gasteiger partial charge on any atom is -0.294 e. The van der Waals surface area contributed by atoms with E-state index in [4.69, 9.17) is 5.41 Å². The van der Waals surface area contributed by atoms with Crippen molar-refractivity contribution in [1.82, 2.24) is 0 Å². The number of carbonyl (C=O) groups is 1. The van der Waals surface area contributed by atoms with Crippen LogP contribution in [0.1, 0.15) is 13.8 Å². The van der Waals surface area contributed by atoms with Crippen LogP contribution < -0.4 is 0 Å². The lowest BCUT2D eigenvalue weighted by molar-refractivity contribution is -0.113. The maximum atomic E-state index is 10.2. The summed E-state index contributed by atoms with van der Waals surface area (Å²) in [6.07, 6.45) is 0. The van der Waals surface area contributed by atoms with Gasteiger partial charge in [-0.2, -0.15) is 0 Å². The molecule has 2 heteroatoms. The van der Waals surface area contributed by atoms with Crippen molar-refractivity contribution >= 4 is 11.7 Å². The average Bonchev–Trinajstić information content (AvgIpc) is 1.65. The summed E-state index contributed by atoms with van der Waals surface area (Å²) in [5.74, 6) is 1.89. The first-order valence-corrected chi connectivity index (χ1v) is 1.95. The fourth-order valence-corrected chi connectivity index (χ4v) is 0.0880. The molecule has 0 aromatic carbocycles. The summed E-state index contributed by atoms with van der Waals surface area (Å²) in [5.41, 5.74) is 0.375. The van der Waals surface area contributed by atoms with E-state index in [1.165, 1.54) is 6.92 Å². The fraction of sp³-hybridized carbons (Fsp3) is 0.400. The van der Waals surface area contributed by atoms with E-state index in [-0.39, 0.29) is 5.78 Å². The minimum atomic E-state index is -0.0880. The molecule has 0 saturated carbocycles. The van der Waals surface area contributed by atoms with Crippen molar-refractivity contribution in [2.75, 3.05) is 0 Å². The van der Waals surface area contributed by atoms with Gasteiger partial charge in [0.1, 0.15) is 0 Å². The monoisotopic (exact) mass is 97.1 g/mol. The van der Waals surface area contributed by atoms with Crippen molar-refractivity contribution in [2.24, 2.45) is 0 Å². The lowest BCUT2D eigenvalue weighted by atomic mass is 10.2. The van der Waals surface area contributed by atoms with Gasteiger partial charge >= 0.3 is 0 Å². The topological polar surface area (TPSA) is 40.9 Å². The molecule has 0 saturated heterocycles. The third-order valence-corrected chi connectivity index (χ3v) is 0.716. The molecule has 2 nitrogen and oxygen atoms in total. The van der Waals surface area contributed by atoms with Gasteiger partial charge < -0.3 is 0 Å². The molecule has 0 aromatic rings. The summed E-state index contributed by atoms with van der Waals surface area (Å²) >= 11 is 0. The van der Waals surface area contributed by atoms with Crippen molar-refractivity contribution in [3.63, 3.8) is 0 Å². The Bertz CT molecular complexity index is 131. The molecule has 38 valence electrons. The van der Waals surface area contributed by atoms with E-state index < -0.39 is 0 Å². The molecule has 0 atom stereocenters. The first kappa shape index (κ1) is 6.12. The van der Waals surface area contributed by atoms with Crippen LogP contribution in [0.25, 0.3) is 0 Å².